The molecule has 0 amide bonds. The third kappa shape index (κ3) is 6.66. The largest absolute Gasteiger partial charge is 0.665 e. The van der Waals surface area contributed by atoms with Crippen LogP contribution in [0, 0.1) is 50.0 Å². The summed E-state index contributed by atoms with van der Waals surface area (Å²) in [6.07, 6.45) is 0.967. The molecule has 0 saturated heterocycles. The molecule has 0 spiro atoms. The van der Waals surface area contributed by atoms with Gasteiger partial charge in [0.05, 0.1) is 12.6 Å². The number of esters is 1. The number of nitrogens with two attached hydrogens (primary N) is 1. The monoisotopic (exact) mass is 495 g/mol. The van der Waals surface area contributed by atoms with Gasteiger partial charge in [-0.3, -0.25) is 4.79 Å². The summed E-state index contributed by atoms with van der Waals surface area (Å²) in [6, 6.07) is 0.555. The predicted octanol–water partition coefficient (Wildman–Crippen LogP) is 2.25. The second-order valence-corrected chi connectivity index (χ2v) is 4.96. The third-order valence-corrected chi connectivity index (χ3v) is 2.66. The average Bonchev–Trinajstić information content (AvgIpc) is 2.77. The zero-order chi connectivity index (χ0) is 14.4. The molecule has 0 aliphatic heterocycles. The van der Waals surface area contributed by atoms with E-state index in [0.717, 1.165) is 6.42 Å². The van der Waals surface area contributed by atoms with Crippen molar-refractivity contribution in [3.63, 3.8) is 0 Å². The summed E-state index contributed by atoms with van der Waals surface area (Å²) in [5, 5.41) is 3.89. The number of hydrogen-bond donors (Lipinski definition) is 1. The van der Waals surface area contributed by atoms with Gasteiger partial charge in [-0.15, -0.1) is 0 Å². The third-order valence-electron chi connectivity index (χ3n) is 2.66. The van der Waals surface area contributed by atoms with E-state index in [2.05, 4.69) is 19.0 Å². The quantitative estimate of drug-likeness (QED) is 0.585. The van der Waals surface area contributed by atoms with Crippen molar-refractivity contribution in [3.8, 4) is 0 Å². The maximum atomic E-state index is 11.3. The summed E-state index contributed by atoms with van der Waals surface area (Å²) in [7, 11) is 0. The maximum absolute atomic E-state index is 11.3. The van der Waals surface area contributed by atoms with Crippen molar-refractivity contribution < 1.29 is 58.1 Å². The van der Waals surface area contributed by atoms with Crippen molar-refractivity contribution in [1.82, 2.24) is 5.16 Å². The van der Waals surface area contributed by atoms with Crippen LogP contribution >= 0.6 is 0 Å². The fraction of sp³-hybridized carbons (Fsp3) is 0.692. The van der Waals surface area contributed by atoms with Crippen LogP contribution in [0.5, 0.6) is 0 Å². The van der Waals surface area contributed by atoms with E-state index in [1.165, 1.54) is 0 Å². The zero-order valence-corrected chi connectivity index (χ0v) is 17.0. The van der Waals surface area contributed by atoms with Gasteiger partial charge in [0.1, 0.15) is 11.5 Å². The number of rotatable bonds is 7. The van der Waals surface area contributed by atoms with Crippen molar-refractivity contribution in [1.29, 1.82) is 0 Å². The summed E-state index contributed by atoms with van der Waals surface area (Å²) >= 11 is 0. The van der Waals surface area contributed by atoms with Crippen molar-refractivity contribution in [2.75, 3.05) is 6.61 Å². The van der Waals surface area contributed by atoms with Gasteiger partial charge in [0.2, 0.25) is 0 Å². The van der Waals surface area contributed by atoms with Crippen LogP contribution in [0.15, 0.2) is 10.6 Å². The number of carbonyl (C=O) groups excluding carboxylic acids is 1. The molecular formula is C13H22AcN3O3-. The molecule has 1 aromatic heterocycles. The van der Waals surface area contributed by atoms with Gasteiger partial charge < -0.3 is 20.7 Å². The minimum atomic E-state index is -0.984. The molecule has 6 nitrogen and oxygen atoms in total. The van der Waals surface area contributed by atoms with E-state index >= 15 is 0 Å². The first kappa shape index (κ1) is 20.0. The Morgan fingerprint density at radius 2 is 2.20 bits per heavy atom. The molecule has 7 heteroatoms. The molecule has 0 aliphatic rings. The van der Waals surface area contributed by atoms with Gasteiger partial charge in [-0.2, -0.15) is 0 Å². The van der Waals surface area contributed by atoms with Crippen LogP contribution in [0.25, 0.3) is 5.73 Å². The minimum absolute atomic E-state index is 0. The van der Waals surface area contributed by atoms with E-state index in [9.17, 15) is 4.79 Å². The maximum Gasteiger partial charge on any atom is 0.288 e. The molecular weight excluding hydrogens is 473 g/mol. The Kier molecular flexibility index (Phi) is 9.90. The molecule has 0 bridgehead atoms. The molecule has 2 atom stereocenters. The summed E-state index contributed by atoms with van der Waals surface area (Å²) < 4.78 is 9.88. The number of carbonyl (C=O) groups is 1. The number of nitrogens with one attached hydrogen (secondary N) is 1. The molecule has 20 heavy (non-hydrogen) atoms. The first-order valence-electron chi connectivity index (χ1n) is 6.52. The van der Waals surface area contributed by atoms with Gasteiger partial charge >= 0.3 is 0 Å². The molecule has 1 aromatic rings. The first-order chi connectivity index (χ1) is 8.93. The van der Waals surface area contributed by atoms with Gasteiger partial charge in [0.25, 0.3) is 5.97 Å². The molecule has 111 valence electrons. The Morgan fingerprint density at radius 3 is 2.75 bits per heavy atom. The predicted molar refractivity (Wildman–Crippen MR) is 71.3 cm³/mol. The van der Waals surface area contributed by atoms with Crippen molar-refractivity contribution in [2.45, 2.75) is 45.7 Å². The molecule has 1 rings (SSSR count). The standard InChI is InChI=1S/C13H22N3O3.Ac/c1-4-18-13(17)11(15)6-9-7-12(16-19-9)10(14)5-8(2)3;/h7-8,10-11,15H,4-6,14H2,1-3H3;/q-1;. The molecule has 0 aromatic carbocycles. The minimum Gasteiger partial charge on any atom is -0.665 e. The van der Waals surface area contributed by atoms with Crippen LogP contribution in [0.3, 0.4) is 0 Å². The van der Waals surface area contributed by atoms with Crippen LogP contribution < -0.4 is 5.73 Å². The number of hydrogen-bond acceptors (Lipinski definition) is 5. The van der Waals surface area contributed by atoms with Crippen LogP contribution in [0.4, 0.5) is 0 Å². The van der Waals surface area contributed by atoms with Gasteiger partial charge in [-0.1, -0.05) is 19.0 Å². The number of aromatic nitrogens is 1. The van der Waals surface area contributed by atoms with Crippen LogP contribution in [0.2, 0.25) is 0 Å². The number of nitrogens with zero attached hydrogens (tertiary/aromatic N) is 1. The Bertz CT molecular complexity index is 409. The molecule has 0 fully saturated rings. The fourth-order valence-electron chi connectivity index (χ4n) is 1.76. The van der Waals surface area contributed by atoms with Crippen LogP contribution in [0.1, 0.15) is 44.7 Å². The van der Waals surface area contributed by atoms with Gasteiger partial charge in [0, 0.05) is 56.5 Å². The molecule has 0 saturated carbocycles. The van der Waals surface area contributed by atoms with Gasteiger partial charge in [-0.05, 0) is 25.3 Å². The summed E-state index contributed by atoms with van der Waals surface area (Å²) in [5.74, 6) is 0.410. The summed E-state index contributed by atoms with van der Waals surface area (Å²) in [5.41, 5.74) is 14.3. The molecule has 1 heterocycles. The Morgan fingerprint density at radius 1 is 1.55 bits per heavy atom. The zero-order valence-electron chi connectivity index (χ0n) is 12.3. The summed E-state index contributed by atoms with van der Waals surface area (Å²) in [4.78, 5) is 11.3. The smallest absolute Gasteiger partial charge is 0.288 e. The van der Waals surface area contributed by atoms with E-state index < -0.39 is 12.0 Å². The SMILES string of the molecule is CCOC(=O)C([NH-])Cc1cc(C(N)CC(C)C)no1.[Ac]. The molecule has 1 radical (unpaired) electrons. The Labute approximate surface area is 155 Å². The second-order valence-electron chi connectivity index (χ2n) is 4.96. The first-order valence-corrected chi connectivity index (χ1v) is 6.52. The topological polar surface area (TPSA) is 102 Å². The van der Waals surface area contributed by atoms with Crippen LogP contribution in [-0.2, 0) is 16.0 Å². The molecule has 0 aliphatic carbocycles. The normalized spacial score (nSPS) is 13.7. The van der Waals surface area contributed by atoms with Gasteiger partial charge in [0.15, 0.2) is 0 Å². The Balaban J connectivity index is 0.00000361. The van der Waals surface area contributed by atoms with Crippen LogP contribution in [-0.4, -0.2) is 23.8 Å². The average molecular weight is 495 g/mol. The van der Waals surface area contributed by atoms with Crippen molar-refractivity contribution in [2.24, 2.45) is 11.7 Å². The Hall–Kier alpha value is 0.0416. The van der Waals surface area contributed by atoms with E-state index in [4.69, 9.17) is 20.7 Å². The van der Waals surface area contributed by atoms with Gasteiger partial charge in [-0.25, -0.2) is 0 Å². The van der Waals surface area contributed by atoms with E-state index in [1.807, 2.05) is 0 Å². The molecule has 2 unspecified atom stereocenters. The second kappa shape index (κ2) is 9.88. The van der Waals surface area contributed by atoms with E-state index in [-0.39, 0.29) is 63.1 Å². The fourth-order valence-corrected chi connectivity index (χ4v) is 1.76. The van der Waals surface area contributed by atoms with E-state index in [0.29, 0.717) is 17.4 Å². The molecule has 3 N–H and O–H groups in total. The summed E-state index contributed by atoms with van der Waals surface area (Å²) in [6.45, 7) is 6.15. The van der Waals surface area contributed by atoms with E-state index in [1.54, 1.807) is 13.0 Å². The van der Waals surface area contributed by atoms with Crippen molar-refractivity contribution >= 4 is 5.97 Å². The number of ether oxygens (including phenoxy) is 1. The van der Waals surface area contributed by atoms with Crippen molar-refractivity contribution in [3.05, 3.63) is 23.3 Å².